The van der Waals surface area contributed by atoms with Crippen molar-refractivity contribution < 1.29 is 13.2 Å². The quantitative estimate of drug-likeness (QED) is 0.815. The average Bonchev–Trinajstić information content (AvgIpc) is 2.35. The third-order valence-corrected chi connectivity index (χ3v) is 4.18. The third kappa shape index (κ3) is 5.30. The van der Waals surface area contributed by atoms with Gasteiger partial charge in [0.25, 0.3) is 0 Å². The Morgan fingerprint density at radius 2 is 1.80 bits per heavy atom. The topological polar surface area (TPSA) is 89.3 Å². The highest BCUT2D eigenvalue weighted by molar-refractivity contribution is 7.90. The maximum atomic E-state index is 12.1. The highest BCUT2D eigenvalue weighted by atomic mass is 32.2. The Bertz CT molecular complexity index is 543. The summed E-state index contributed by atoms with van der Waals surface area (Å²) in [7, 11) is -3.11. The second kappa shape index (κ2) is 6.85. The minimum absolute atomic E-state index is 0.0773. The molecule has 0 heterocycles. The predicted octanol–water partition coefficient (Wildman–Crippen LogP) is 0.872. The van der Waals surface area contributed by atoms with Crippen molar-refractivity contribution in [1.82, 2.24) is 5.32 Å². The molecule has 1 aromatic carbocycles. The van der Waals surface area contributed by atoms with E-state index in [-0.39, 0.29) is 11.7 Å². The second-order valence-corrected chi connectivity index (χ2v) is 7.41. The SMILES string of the molecule is CC(CS(C)(=O)=O)NC(=O)C(C)C(N)c1ccccc1. The van der Waals surface area contributed by atoms with E-state index in [1.807, 2.05) is 30.3 Å². The Morgan fingerprint density at radius 3 is 2.30 bits per heavy atom. The first kappa shape index (κ1) is 16.7. The highest BCUT2D eigenvalue weighted by Crippen LogP contribution is 2.19. The Morgan fingerprint density at radius 1 is 1.25 bits per heavy atom. The van der Waals surface area contributed by atoms with Crippen molar-refractivity contribution >= 4 is 15.7 Å². The fourth-order valence-corrected chi connectivity index (χ4v) is 2.99. The van der Waals surface area contributed by atoms with Gasteiger partial charge in [-0.05, 0) is 12.5 Å². The van der Waals surface area contributed by atoms with Gasteiger partial charge in [-0.3, -0.25) is 4.79 Å². The molecule has 6 heteroatoms. The van der Waals surface area contributed by atoms with Crippen molar-refractivity contribution in [3.63, 3.8) is 0 Å². The molecule has 1 rings (SSSR count). The van der Waals surface area contributed by atoms with Crippen LogP contribution in [0.15, 0.2) is 30.3 Å². The smallest absolute Gasteiger partial charge is 0.224 e. The van der Waals surface area contributed by atoms with Gasteiger partial charge in [0.1, 0.15) is 9.84 Å². The average molecular weight is 298 g/mol. The van der Waals surface area contributed by atoms with Crippen LogP contribution in [0.3, 0.4) is 0 Å². The molecule has 5 nitrogen and oxygen atoms in total. The summed E-state index contributed by atoms with van der Waals surface area (Å²) in [6.45, 7) is 3.40. The zero-order valence-electron chi connectivity index (χ0n) is 12.0. The maximum absolute atomic E-state index is 12.1. The van der Waals surface area contributed by atoms with E-state index in [2.05, 4.69) is 5.32 Å². The van der Waals surface area contributed by atoms with Crippen LogP contribution in [0.2, 0.25) is 0 Å². The van der Waals surface area contributed by atoms with Gasteiger partial charge in [0.05, 0.1) is 11.7 Å². The lowest BCUT2D eigenvalue weighted by atomic mass is 9.94. The fourth-order valence-electron chi connectivity index (χ4n) is 2.00. The van der Waals surface area contributed by atoms with Gasteiger partial charge in [-0.15, -0.1) is 0 Å². The van der Waals surface area contributed by atoms with E-state index in [1.165, 1.54) is 0 Å². The number of carbonyl (C=O) groups excluding carboxylic acids is 1. The number of hydrogen-bond acceptors (Lipinski definition) is 4. The molecule has 1 amide bonds. The molecule has 3 atom stereocenters. The number of nitrogens with two attached hydrogens (primary N) is 1. The summed E-state index contributed by atoms with van der Waals surface area (Å²) in [6, 6.07) is 8.51. The summed E-state index contributed by atoms with van der Waals surface area (Å²) in [5.74, 6) is -0.747. The zero-order chi connectivity index (χ0) is 15.3. The van der Waals surface area contributed by atoms with E-state index in [9.17, 15) is 13.2 Å². The van der Waals surface area contributed by atoms with Crippen molar-refractivity contribution in [2.45, 2.75) is 25.9 Å². The van der Waals surface area contributed by atoms with Gasteiger partial charge in [0, 0.05) is 18.3 Å². The molecule has 0 fully saturated rings. The number of hydrogen-bond donors (Lipinski definition) is 2. The van der Waals surface area contributed by atoms with Crippen LogP contribution >= 0.6 is 0 Å². The Hall–Kier alpha value is -1.40. The summed E-state index contributed by atoms with van der Waals surface area (Å²) >= 11 is 0. The van der Waals surface area contributed by atoms with Gasteiger partial charge in [-0.1, -0.05) is 37.3 Å². The van der Waals surface area contributed by atoms with Crippen LogP contribution in [0.25, 0.3) is 0 Å². The molecule has 0 aliphatic carbocycles. The number of rotatable bonds is 6. The molecule has 0 aromatic heterocycles. The Balaban J connectivity index is 2.63. The van der Waals surface area contributed by atoms with Crippen LogP contribution in [-0.4, -0.2) is 32.4 Å². The number of nitrogens with one attached hydrogen (secondary N) is 1. The van der Waals surface area contributed by atoms with Crippen LogP contribution < -0.4 is 11.1 Å². The summed E-state index contributed by atoms with van der Waals surface area (Å²) in [6.07, 6.45) is 1.15. The second-order valence-electron chi connectivity index (χ2n) is 5.23. The number of carbonyl (C=O) groups is 1. The molecule has 0 aliphatic rings. The van der Waals surface area contributed by atoms with Gasteiger partial charge < -0.3 is 11.1 Å². The lowest BCUT2D eigenvalue weighted by Gasteiger charge is -2.22. The molecule has 3 N–H and O–H groups in total. The van der Waals surface area contributed by atoms with E-state index in [1.54, 1.807) is 13.8 Å². The van der Waals surface area contributed by atoms with Crippen LogP contribution in [0.1, 0.15) is 25.5 Å². The van der Waals surface area contributed by atoms with Crippen molar-refractivity contribution in [3.8, 4) is 0 Å². The molecule has 0 radical (unpaired) electrons. The zero-order valence-corrected chi connectivity index (χ0v) is 12.9. The maximum Gasteiger partial charge on any atom is 0.224 e. The van der Waals surface area contributed by atoms with E-state index in [4.69, 9.17) is 5.73 Å². The first-order valence-corrected chi connectivity index (χ1v) is 8.55. The molecule has 1 aromatic rings. The molecule has 112 valence electrons. The normalized spacial score (nSPS) is 16.2. The van der Waals surface area contributed by atoms with E-state index >= 15 is 0 Å². The van der Waals surface area contributed by atoms with Crippen LogP contribution in [0.4, 0.5) is 0 Å². The summed E-state index contributed by atoms with van der Waals surface area (Å²) in [5, 5.41) is 2.69. The van der Waals surface area contributed by atoms with Crippen molar-refractivity contribution in [3.05, 3.63) is 35.9 Å². The van der Waals surface area contributed by atoms with Gasteiger partial charge in [-0.2, -0.15) is 0 Å². The molecule has 0 aliphatic heterocycles. The van der Waals surface area contributed by atoms with Crippen molar-refractivity contribution in [2.75, 3.05) is 12.0 Å². The predicted molar refractivity (Wildman–Crippen MR) is 79.8 cm³/mol. The molecule has 0 saturated heterocycles. The van der Waals surface area contributed by atoms with E-state index < -0.39 is 27.8 Å². The minimum Gasteiger partial charge on any atom is -0.352 e. The lowest BCUT2D eigenvalue weighted by Crippen LogP contribution is -2.42. The largest absolute Gasteiger partial charge is 0.352 e. The van der Waals surface area contributed by atoms with Gasteiger partial charge in [0.2, 0.25) is 5.91 Å². The fraction of sp³-hybridized carbons (Fsp3) is 0.500. The first-order valence-electron chi connectivity index (χ1n) is 6.49. The molecule has 0 bridgehead atoms. The van der Waals surface area contributed by atoms with Crippen molar-refractivity contribution in [1.29, 1.82) is 0 Å². The Labute approximate surface area is 120 Å². The minimum atomic E-state index is -3.11. The van der Waals surface area contributed by atoms with Crippen LogP contribution in [-0.2, 0) is 14.6 Å². The van der Waals surface area contributed by atoms with E-state index in [0.717, 1.165) is 11.8 Å². The van der Waals surface area contributed by atoms with Gasteiger partial charge in [-0.25, -0.2) is 8.42 Å². The van der Waals surface area contributed by atoms with Crippen molar-refractivity contribution in [2.24, 2.45) is 11.7 Å². The number of amides is 1. The standard InChI is InChI=1S/C14H22N2O3S/c1-10(9-20(3,18)19)16-14(17)11(2)13(15)12-7-5-4-6-8-12/h4-8,10-11,13H,9,15H2,1-3H3,(H,16,17). The van der Waals surface area contributed by atoms with Crippen LogP contribution in [0.5, 0.6) is 0 Å². The molecule has 3 unspecified atom stereocenters. The molecule has 0 saturated carbocycles. The lowest BCUT2D eigenvalue weighted by molar-refractivity contribution is -0.125. The summed E-state index contributed by atoms with van der Waals surface area (Å²) in [5.41, 5.74) is 6.94. The van der Waals surface area contributed by atoms with E-state index in [0.29, 0.717) is 0 Å². The molecular formula is C14H22N2O3S. The van der Waals surface area contributed by atoms with Gasteiger partial charge >= 0.3 is 0 Å². The third-order valence-electron chi connectivity index (χ3n) is 3.08. The van der Waals surface area contributed by atoms with Gasteiger partial charge in [0.15, 0.2) is 0 Å². The molecule has 20 heavy (non-hydrogen) atoms. The highest BCUT2D eigenvalue weighted by Gasteiger charge is 2.24. The summed E-state index contributed by atoms with van der Waals surface area (Å²) < 4.78 is 22.3. The molecule has 0 spiro atoms. The monoisotopic (exact) mass is 298 g/mol. The first-order chi connectivity index (χ1) is 9.20. The molecular weight excluding hydrogens is 276 g/mol. The number of sulfone groups is 1. The van der Waals surface area contributed by atoms with Crippen LogP contribution in [0, 0.1) is 5.92 Å². The Kier molecular flexibility index (Phi) is 5.71. The number of benzene rings is 1. The summed E-state index contributed by atoms with van der Waals surface area (Å²) in [4.78, 5) is 12.1.